The van der Waals surface area contributed by atoms with Crippen LogP contribution in [0.1, 0.15) is 31.3 Å². The van der Waals surface area contributed by atoms with Gasteiger partial charge >= 0.3 is 6.03 Å². The first-order valence-corrected chi connectivity index (χ1v) is 7.73. The molecule has 2 amide bonds. The smallest absolute Gasteiger partial charge is 0.319 e. The van der Waals surface area contributed by atoms with Gasteiger partial charge in [-0.15, -0.1) is 0 Å². The fourth-order valence-electron chi connectivity index (χ4n) is 2.72. The lowest BCUT2D eigenvalue weighted by Crippen LogP contribution is -2.60. The Labute approximate surface area is 135 Å². The highest BCUT2D eigenvalue weighted by molar-refractivity contribution is 5.89. The molecule has 0 aliphatic carbocycles. The van der Waals surface area contributed by atoms with Crippen LogP contribution in [0.4, 0.5) is 10.5 Å². The van der Waals surface area contributed by atoms with E-state index >= 15 is 0 Å². The molecule has 6 nitrogen and oxygen atoms in total. The Bertz CT molecular complexity index is 689. The summed E-state index contributed by atoms with van der Waals surface area (Å²) < 4.78 is 7.24. The number of nitrogens with zero attached hydrogens (tertiary/aromatic N) is 2. The third-order valence-electron chi connectivity index (χ3n) is 4.19. The molecule has 2 N–H and O–H groups in total. The topological polar surface area (TPSA) is 68.2 Å². The number of imidazole rings is 1. The molecule has 1 aromatic carbocycles. The van der Waals surface area contributed by atoms with Crippen molar-refractivity contribution in [3.63, 3.8) is 0 Å². The fourth-order valence-corrected chi connectivity index (χ4v) is 2.72. The van der Waals surface area contributed by atoms with E-state index in [1.807, 2.05) is 44.3 Å². The van der Waals surface area contributed by atoms with Gasteiger partial charge < -0.3 is 19.9 Å². The number of anilines is 1. The minimum Gasteiger partial charge on any atom is -0.376 e. The normalized spacial score (nSPS) is 17.2. The Morgan fingerprint density at radius 3 is 2.57 bits per heavy atom. The molecule has 1 aliphatic heterocycles. The number of ether oxygens (including phenoxy) is 1. The summed E-state index contributed by atoms with van der Waals surface area (Å²) in [5, 5.41) is 5.77. The van der Waals surface area contributed by atoms with Gasteiger partial charge in [-0.25, -0.2) is 9.78 Å². The Morgan fingerprint density at radius 2 is 2.04 bits per heavy atom. The van der Waals surface area contributed by atoms with E-state index in [1.165, 1.54) is 0 Å². The number of carbonyl (C=O) groups excluding carboxylic acids is 1. The fraction of sp³-hybridized carbons (Fsp3) is 0.412. The summed E-state index contributed by atoms with van der Waals surface area (Å²) in [7, 11) is 0. The van der Waals surface area contributed by atoms with Crippen LogP contribution in [0.2, 0.25) is 0 Å². The first kappa shape index (κ1) is 15.6. The van der Waals surface area contributed by atoms with Crippen molar-refractivity contribution in [3.8, 4) is 0 Å². The molecule has 0 radical (unpaired) electrons. The van der Waals surface area contributed by atoms with Gasteiger partial charge in [0.1, 0.15) is 5.82 Å². The predicted molar refractivity (Wildman–Crippen MR) is 88.6 cm³/mol. The molecule has 1 aromatic heterocycles. The van der Waals surface area contributed by atoms with Gasteiger partial charge in [-0.2, -0.15) is 0 Å². The van der Waals surface area contributed by atoms with Crippen molar-refractivity contribution < 1.29 is 9.53 Å². The molecule has 0 spiro atoms. The van der Waals surface area contributed by atoms with Crippen LogP contribution in [0, 0.1) is 6.92 Å². The monoisotopic (exact) mass is 314 g/mol. The number of carbonyl (C=O) groups is 1. The molecule has 2 aromatic rings. The van der Waals surface area contributed by atoms with Crippen molar-refractivity contribution in [2.24, 2.45) is 0 Å². The van der Waals surface area contributed by atoms with Crippen molar-refractivity contribution in [1.82, 2.24) is 14.9 Å². The molecule has 1 aliphatic rings. The standard InChI is InChI=1S/C17H22N4O2/c1-12(21-9-8-18-13(21)2)14-4-6-15(7-5-14)19-16(22)20-17(3)10-23-11-17/h4-9,12H,10-11H2,1-3H3,(H2,19,20,22)/t12-/m1/s1. The number of aromatic nitrogens is 2. The second-order valence-electron chi connectivity index (χ2n) is 6.31. The van der Waals surface area contributed by atoms with Crippen LogP contribution in [-0.4, -0.2) is 34.3 Å². The largest absolute Gasteiger partial charge is 0.376 e. The lowest BCUT2D eigenvalue weighted by molar-refractivity contribution is -0.0567. The molecule has 1 saturated heterocycles. The highest BCUT2D eigenvalue weighted by atomic mass is 16.5. The number of hydrogen-bond donors (Lipinski definition) is 2. The lowest BCUT2D eigenvalue weighted by atomic mass is 10.0. The average molecular weight is 314 g/mol. The van der Waals surface area contributed by atoms with Crippen molar-refractivity contribution in [1.29, 1.82) is 0 Å². The van der Waals surface area contributed by atoms with Crippen LogP contribution in [-0.2, 0) is 4.74 Å². The molecule has 6 heteroatoms. The van der Waals surface area contributed by atoms with Crippen molar-refractivity contribution in [2.75, 3.05) is 18.5 Å². The SMILES string of the molecule is Cc1nccn1[C@H](C)c1ccc(NC(=O)NC2(C)COC2)cc1. The zero-order chi connectivity index (χ0) is 16.4. The number of hydrogen-bond acceptors (Lipinski definition) is 3. The van der Waals surface area contributed by atoms with Crippen LogP contribution in [0.3, 0.4) is 0 Å². The number of amides is 2. The van der Waals surface area contributed by atoms with E-state index < -0.39 is 0 Å². The molecule has 3 rings (SSSR count). The second kappa shape index (κ2) is 6.04. The Morgan fingerprint density at radius 1 is 1.35 bits per heavy atom. The van der Waals surface area contributed by atoms with Crippen LogP contribution in [0.5, 0.6) is 0 Å². The number of rotatable bonds is 4. The number of urea groups is 1. The molecular weight excluding hydrogens is 292 g/mol. The van der Waals surface area contributed by atoms with E-state index in [0.717, 1.165) is 17.1 Å². The number of benzene rings is 1. The summed E-state index contributed by atoms with van der Waals surface area (Å²) in [5.74, 6) is 0.982. The Kier molecular flexibility index (Phi) is 4.09. The van der Waals surface area contributed by atoms with E-state index in [0.29, 0.717) is 13.2 Å². The molecule has 2 heterocycles. The zero-order valence-corrected chi connectivity index (χ0v) is 13.7. The number of nitrogens with one attached hydrogen (secondary N) is 2. The van der Waals surface area contributed by atoms with Crippen LogP contribution in [0.25, 0.3) is 0 Å². The average Bonchev–Trinajstić information content (AvgIpc) is 2.91. The maximum absolute atomic E-state index is 12.0. The van der Waals surface area contributed by atoms with Crippen LogP contribution >= 0.6 is 0 Å². The van der Waals surface area contributed by atoms with Gasteiger partial charge in [-0.05, 0) is 38.5 Å². The first-order valence-electron chi connectivity index (χ1n) is 7.73. The van der Waals surface area contributed by atoms with Gasteiger partial charge in [-0.3, -0.25) is 0 Å². The van der Waals surface area contributed by atoms with E-state index in [4.69, 9.17) is 4.74 Å². The maximum Gasteiger partial charge on any atom is 0.319 e. The second-order valence-corrected chi connectivity index (χ2v) is 6.31. The summed E-state index contributed by atoms with van der Waals surface area (Å²) in [6.45, 7) is 7.19. The minimum atomic E-state index is -0.252. The van der Waals surface area contributed by atoms with E-state index in [2.05, 4.69) is 27.1 Å². The molecule has 0 saturated carbocycles. The summed E-state index contributed by atoms with van der Waals surface area (Å²) in [6.07, 6.45) is 3.78. The van der Waals surface area contributed by atoms with Gasteiger partial charge in [0.2, 0.25) is 0 Å². The predicted octanol–water partition coefficient (Wildman–Crippen LogP) is 2.71. The van der Waals surface area contributed by atoms with Gasteiger partial charge in [0, 0.05) is 18.1 Å². The van der Waals surface area contributed by atoms with Gasteiger partial charge in [0.05, 0.1) is 24.8 Å². The molecule has 0 bridgehead atoms. The van der Waals surface area contributed by atoms with E-state index in [-0.39, 0.29) is 17.6 Å². The van der Waals surface area contributed by atoms with Crippen molar-refractivity contribution >= 4 is 11.7 Å². The molecule has 1 atom stereocenters. The van der Waals surface area contributed by atoms with Crippen molar-refractivity contribution in [2.45, 2.75) is 32.4 Å². The Hall–Kier alpha value is -2.34. The van der Waals surface area contributed by atoms with E-state index in [9.17, 15) is 4.79 Å². The summed E-state index contributed by atoms with van der Waals surface area (Å²) in [6, 6.07) is 7.87. The van der Waals surface area contributed by atoms with Gasteiger partial charge in [-0.1, -0.05) is 12.1 Å². The molecular formula is C17H22N4O2. The molecule has 122 valence electrons. The van der Waals surface area contributed by atoms with Crippen LogP contribution < -0.4 is 10.6 Å². The number of aryl methyl sites for hydroxylation is 1. The van der Waals surface area contributed by atoms with Gasteiger partial charge in [0.25, 0.3) is 0 Å². The highest BCUT2D eigenvalue weighted by Gasteiger charge is 2.34. The highest BCUT2D eigenvalue weighted by Crippen LogP contribution is 2.21. The quantitative estimate of drug-likeness (QED) is 0.912. The minimum absolute atomic E-state index is 0.200. The maximum atomic E-state index is 12.0. The first-order chi connectivity index (χ1) is 11.0. The summed E-state index contributed by atoms with van der Waals surface area (Å²) >= 11 is 0. The molecule has 0 unspecified atom stereocenters. The van der Waals surface area contributed by atoms with E-state index in [1.54, 1.807) is 6.20 Å². The molecule has 1 fully saturated rings. The summed E-state index contributed by atoms with van der Waals surface area (Å²) in [5.41, 5.74) is 1.68. The zero-order valence-electron chi connectivity index (χ0n) is 13.7. The third kappa shape index (κ3) is 3.37. The van der Waals surface area contributed by atoms with Gasteiger partial charge in [0.15, 0.2) is 0 Å². The van der Waals surface area contributed by atoms with Crippen molar-refractivity contribution in [3.05, 3.63) is 48.0 Å². The Balaban J connectivity index is 1.63. The lowest BCUT2D eigenvalue weighted by Gasteiger charge is -2.38. The third-order valence-corrected chi connectivity index (χ3v) is 4.19. The molecule has 23 heavy (non-hydrogen) atoms. The summed E-state index contributed by atoms with van der Waals surface area (Å²) in [4.78, 5) is 16.2. The van der Waals surface area contributed by atoms with Crippen LogP contribution in [0.15, 0.2) is 36.7 Å².